The van der Waals surface area contributed by atoms with E-state index >= 15 is 0 Å². The van der Waals surface area contributed by atoms with E-state index in [9.17, 15) is 4.79 Å². The minimum atomic E-state index is 0.108. The molecule has 2 fully saturated rings. The fraction of sp³-hybridized carbons (Fsp3) is 0.643. The van der Waals surface area contributed by atoms with Crippen LogP contribution in [0.3, 0.4) is 0 Å². The summed E-state index contributed by atoms with van der Waals surface area (Å²) in [5, 5.41) is 3.19. The second-order valence-electron chi connectivity index (χ2n) is 10.0. The Balaban J connectivity index is 1.22. The van der Waals surface area contributed by atoms with E-state index in [1.54, 1.807) is 14.2 Å². The molecular formula is C28H42N4O4. The number of hydrogen-bond acceptors (Lipinski definition) is 7. The number of likely N-dealkylation sites (tertiary alicyclic amines) is 2. The zero-order chi connectivity index (χ0) is 25.3. The molecule has 8 heteroatoms. The predicted molar refractivity (Wildman–Crippen MR) is 140 cm³/mol. The van der Waals surface area contributed by atoms with Crippen LogP contribution in [-0.2, 0) is 11.3 Å². The largest absolute Gasteiger partial charge is 0.497 e. The van der Waals surface area contributed by atoms with Gasteiger partial charge in [0.2, 0.25) is 11.8 Å². The molecule has 1 aromatic carbocycles. The van der Waals surface area contributed by atoms with Crippen molar-refractivity contribution in [2.24, 2.45) is 5.92 Å². The summed E-state index contributed by atoms with van der Waals surface area (Å²) in [6.45, 7) is 8.76. The van der Waals surface area contributed by atoms with Crippen molar-refractivity contribution in [2.75, 3.05) is 53.5 Å². The lowest BCUT2D eigenvalue weighted by atomic mass is 9.95. The molecule has 1 amide bonds. The van der Waals surface area contributed by atoms with E-state index in [0.717, 1.165) is 74.8 Å². The number of methoxy groups -OCH3 is 2. The zero-order valence-corrected chi connectivity index (χ0v) is 22.2. The maximum Gasteiger partial charge on any atom is 0.230 e. The molecule has 0 atom stereocenters. The number of aromatic nitrogens is 1. The van der Waals surface area contributed by atoms with Gasteiger partial charge in [-0.15, -0.1) is 0 Å². The fourth-order valence-electron chi connectivity index (χ4n) is 5.25. The summed E-state index contributed by atoms with van der Waals surface area (Å²) in [4.78, 5) is 22.4. The smallest absolute Gasteiger partial charge is 0.230 e. The number of rotatable bonds is 10. The second kappa shape index (κ2) is 13.1. The van der Waals surface area contributed by atoms with Crippen LogP contribution in [0.15, 0.2) is 22.6 Å². The third-order valence-electron chi connectivity index (χ3n) is 7.51. The minimum Gasteiger partial charge on any atom is -0.497 e. The van der Waals surface area contributed by atoms with Crippen molar-refractivity contribution in [3.63, 3.8) is 0 Å². The van der Waals surface area contributed by atoms with Crippen LogP contribution in [0.5, 0.6) is 11.5 Å². The van der Waals surface area contributed by atoms with Crippen molar-refractivity contribution in [2.45, 2.75) is 58.4 Å². The van der Waals surface area contributed by atoms with Crippen molar-refractivity contribution in [3.05, 3.63) is 29.7 Å². The topological polar surface area (TPSA) is 80.1 Å². The van der Waals surface area contributed by atoms with Gasteiger partial charge in [-0.2, -0.15) is 0 Å². The van der Waals surface area contributed by atoms with Crippen LogP contribution in [-0.4, -0.2) is 74.2 Å². The van der Waals surface area contributed by atoms with Crippen molar-refractivity contribution in [1.29, 1.82) is 0 Å². The van der Waals surface area contributed by atoms with Gasteiger partial charge in [0.25, 0.3) is 0 Å². The van der Waals surface area contributed by atoms with Gasteiger partial charge in [-0.1, -0.05) is 12.8 Å². The highest BCUT2D eigenvalue weighted by molar-refractivity contribution is 5.78. The molecule has 2 saturated heterocycles. The monoisotopic (exact) mass is 498 g/mol. The van der Waals surface area contributed by atoms with E-state index in [1.807, 2.05) is 25.1 Å². The summed E-state index contributed by atoms with van der Waals surface area (Å²) in [6, 6.07) is 5.62. The van der Waals surface area contributed by atoms with Gasteiger partial charge in [-0.05, 0) is 83.9 Å². The summed E-state index contributed by atoms with van der Waals surface area (Å²) < 4.78 is 16.8. The van der Waals surface area contributed by atoms with Gasteiger partial charge in [0, 0.05) is 25.1 Å². The summed E-state index contributed by atoms with van der Waals surface area (Å²) in [7, 11) is 3.26. The number of carbonyl (C=O) groups excluding carboxylic acids is 1. The minimum absolute atomic E-state index is 0.108. The van der Waals surface area contributed by atoms with Crippen LogP contribution in [0.4, 0.5) is 0 Å². The van der Waals surface area contributed by atoms with Gasteiger partial charge >= 0.3 is 0 Å². The number of amides is 1. The first-order valence-corrected chi connectivity index (χ1v) is 13.5. The van der Waals surface area contributed by atoms with E-state index in [1.165, 1.54) is 38.8 Å². The Bertz CT molecular complexity index is 976. The molecule has 1 N–H and O–H groups in total. The number of piperidine rings is 1. The number of aryl methyl sites for hydroxylation is 1. The van der Waals surface area contributed by atoms with Gasteiger partial charge in [-0.3, -0.25) is 9.69 Å². The number of carbonyl (C=O) groups is 1. The Hall–Kier alpha value is -2.58. The average Bonchev–Trinajstić information content (AvgIpc) is 3.08. The van der Waals surface area contributed by atoms with E-state index in [0.29, 0.717) is 11.6 Å². The van der Waals surface area contributed by atoms with E-state index < -0.39 is 0 Å². The van der Waals surface area contributed by atoms with Crippen LogP contribution < -0.4 is 14.8 Å². The molecule has 3 heterocycles. The van der Waals surface area contributed by atoms with Crippen LogP contribution in [0, 0.1) is 12.8 Å². The van der Waals surface area contributed by atoms with Crippen LogP contribution >= 0.6 is 0 Å². The molecule has 2 aromatic rings. The van der Waals surface area contributed by atoms with Gasteiger partial charge in [0.1, 0.15) is 17.3 Å². The second-order valence-corrected chi connectivity index (χ2v) is 10.0. The molecule has 0 radical (unpaired) electrons. The van der Waals surface area contributed by atoms with Crippen LogP contribution in [0.2, 0.25) is 0 Å². The molecule has 2 aliphatic heterocycles. The number of ether oxygens (including phenoxy) is 2. The molecule has 198 valence electrons. The van der Waals surface area contributed by atoms with Gasteiger partial charge in [0.15, 0.2) is 0 Å². The SMILES string of the molecule is COc1ccc(-c2nc(CN3CCC(C(=O)NCCCN4CCCCCC4)CC3)c(C)o2)c(OC)c1. The first kappa shape index (κ1) is 26.5. The maximum atomic E-state index is 12.7. The Morgan fingerprint density at radius 3 is 2.50 bits per heavy atom. The number of benzene rings is 1. The Morgan fingerprint density at radius 1 is 1.06 bits per heavy atom. The Morgan fingerprint density at radius 2 is 1.81 bits per heavy atom. The highest BCUT2D eigenvalue weighted by atomic mass is 16.5. The van der Waals surface area contributed by atoms with Crippen molar-refractivity contribution >= 4 is 5.91 Å². The highest BCUT2D eigenvalue weighted by Gasteiger charge is 2.26. The lowest BCUT2D eigenvalue weighted by Crippen LogP contribution is -2.41. The van der Waals surface area contributed by atoms with E-state index in [-0.39, 0.29) is 11.8 Å². The molecule has 36 heavy (non-hydrogen) atoms. The standard InChI is InChI=1S/C28H42N4O4/c1-21-25(30-28(36-21)24-10-9-23(34-2)19-26(24)35-3)20-32-17-11-22(12-18-32)27(33)29-13-8-16-31-14-6-4-5-7-15-31/h9-10,19,22H,4-8,11-18,20H2,1-3H3,(H,29,33). The van der Waals surface area contributed by atoms with Crippen molar-refractivity contribution < 1.29 is 18.7 Å². The molecule has 2 aliphatic rings. The lowest BCUT2D eigenvalue weighted by Gasteiger charge is -2.30. The summed E-state index contributed by atoms with van der Waals surface area (Å²) >= 11 is 0. The van der Waals surface area contributed by atoms with Crippen molar-refractivity contribution in [3.8, 4) is 23.0 Å². The first-order valence-electron chi connectivity index (χ1n) is 13.5. The van der Waals surface area contributed by atoms with Gasteiger partial charge in [-0.25, -0.2) is 4.98 Å². The van der Waals surface area contributed by atoms with E-state index in [4.69, 9.17) is 18.9 Å². The number of nitrogens with zero attached hydrogens (tertiary/aromatic N) is 3. The normalized spacial score (nSPS) is 18.1. The summed E-state index contributed by atoms with van der Waals surface area (Å²) in [5.74, 6) is 3.08. The van der Waals surface area contributed by atoms with Crippen molar-refractivity contribution in [1.82, 2.24) is 20.1 Å². The molecule has 0 aliphatic carbocycles. The number of nitrogens with one attached hydrogen (secondary N) is 1. The average molecular weight is 499 g/mol. The molecule has 0 bridgehead atoms. The highest BCUT2D eigenvalue weighted by Crippen LogP contribution is 2.34. The molecule has 4 rings (SSSR count). The fourth-order valence-corrected chi connectivity index (χ4v) is 5.25. The van der Waals surface area contributed by atoms with Gasteiger partial charge in [0.05, 0.1) is 25.5 Å². The van der Waals surface area contributed by atoms with Crippen LogP contribution in [0.1, 0.15) is 56.4 Å². The molecule has 8 nitrogen and oxygen atoms in total. The maximum absolute atomic E-state index is 12.7. The van der Waals surface area contributed by atoms with Gasteiger partial charge < -0.3 is 24.1 Å². The third kappa shape index (κ3) is 7.01. The Labute approximate surface area is 215 Å². The quantitative estimate of drug-likeness (QED) is 0.490. The van der Waals surface area contributed by atoms with E-state index in [2.05, 4.69) is 15.1 Å². The predicted octanol–water partition coefficient (Wildman–Crippen LogP) is 4.26. The Kier molecular flexibility index (Phi) is 9.64. The molecule has 0 spiro atoms. The summed E-state index contributed by atoms with van der Waals surface area (Å²) in [6.07, 6.45) is 8.16. The lowest BCUT2D eigenvalue weighted by molar-refractivity contribution is -0.126. The molecule has 1 aromatic heterocycles. The molecule has 0 saturated carbocycles. The number of oxazole rings is 1. The van der Waals surface area contributed by atoms with Crippen LogP contribution in [0.25, 0.3) is 11.5 Å². The molecule has 0 unspecified atom stereocenters. The summed E-state index contributed by atoms with van der Waals surface area (Å²) in [5.41, 5.74) is 1.73. The first-order chi connectivity index (χ1) is 17.6. The third-order valence-corrected chi connectivity index (χ3v) is 7.51. The number of hydrogen-bond donors (Lipinski definition) is 1. The molecular weight excluding hydrogens is 456 g/mol. The zero-order valence-electron chi connectivity index (χ0n) is 22.2.